The van der Waals surface area contributed by atoms with Crippen LogP contribution in [-0.2, 0) is 4.79 Å². The first kappa shape index (κ1) is 21.8. The Morgan fingerprint density at radius 3 is 2.62 bits per heavy atom. The average Bonchev–Trinajstić information content (AvgIpc) is 2.73. The van der Waals surface area contributed by atoms with Gasteiger partial charge in [-0.25, -0.2) is 4.39 Å². The maximum absolute atomic E-state index is 13.2. The molecule has 0 atom stereocenters. The number of benzene rings is 2. The topological polar surface area (TPSA) is 58.2 Å². The van der Waals surface area contributed by atoms with E-state index in [0.717, 1.165) is 11.4 Å². The van der Waals surface area contributed by atoms with Crippen LogP contribution in [0, 0.1) is 11.7 Å². The van der Waals surface area contributed by atoms with Crippen molar-refractivity contribution in [2.45, 2.75) is 37.0 Å². The third-order valence-electron chi connectivity index (χ3n) is 4.98. The molecule has 1 aliphatic carbocycles. The molecular formula is C22H24BrFN2O2S. The van der Waals surface area contributed by atoms with Crippen LogP contribution in [-0.4, -0.2) is 24.1 Å². The summed E-state index contributed by atoms with van der Waals surface area (Å²) in [7, 11) is 0. The molecule has 1 saturated carbocycles. The van der Waals surface area contributed by atoms with Gasteiger partial charge < -0.3 is 10.6 Å². The lowest BCUT2D eigenvalue weighted by Gasteiger charge is -2.21. The first-order valence-electron chi connectivity index (χ1n) is 9.78. The fourth-order valence-electron chi connectivity index (χ4n) is 3.40. The SMILES string of the molecule is O=C(CSc1ccccc1C(=O)Nc1ccc(F)cc1Br)NCC1CCCCC1. The fourth-order valence-corrected chi connectivity index (χ4v) is 4.73. The number of rotatable bonds is 7. The summed E-state index contributed by atoms with van der Waals surface area (Å²) < 4.78 is 13.7. The average molecular weight is 479 g/mol. The van der Waals surface area contributed by atoms with Crippen LogP contribution in [0.1, 0.15) is 42.5 Å². The number of nitrogens with one attached hydrogen (secondary N) is 2. The smallest absolute Gasteiger partial charge is 0.256 e. The van der Waals surface area contributed by atoms with Crippen molar-refractivity contribution in [2.75, 3.05) is 17.6 Å². The van der Waals surface area contributed by atoms with Crippen LogP contribution >= 0.6 is 27.7 Å². The monoisotopic (exact) mass is 478 g/mol. The van der Waals surface area contributed by atoms with Crippen LogP contribution in [0.3, 0.4) is 0 Å². The van der Waals surface area contributed by atoms with E-state index in [0.29, 0.717) is 21.6 Å². The first-order chi connectivity index (χ1) is 14.0. The quantitative estimate of drug-likeness (QED) is 0.507. The van der Waals surface area contributed by atoms with E-state index in [9.17, 15) is 14.0 Å². The van der Waals surface area contributed by atoms with E-state index >= 15 is 0 Å². The van der Waals surface area contributed by atoms with Gasteiger partial charge in [0.05, 0.1) is 17.0 Å². The minimum Gasteiger partial charge on any atom is -0.355 e. The number of thioether (sulfide) groups is 1. The maximum Gasteiger partial charge on any atom is 0.256 e. The molecule has 4 nitrogen and oxygen atoms in total. The molecule has 1 aliphatic rings. The number of anilines is 1. The largest absolute Gasteiger partial charge is 0.355 e. The van der Waals surface area contributed by atoms with E-state index in [4.69, 9.17) is 0 Å². The summed E-state index contributed by atoms with van der Waals surface area (Å²) in [6.45, 7) is 0.736. The van der Waals surface area contributed by atoms with E-state index in [1.54, 1.807) is 12.1 Å². The molecule has 0 bridgehead atoms. The standard InChI is InChI=1S/C22H24BrFN2O2S/c23-18-12-16(24)10-11-19(18)26-22(28)17-8-4-5-9-20(17)29-14-21(27)25-13-15-6-2-1-3-7-15/h4-5,8-12,15H,1-3,6-7,13-14H2,(H,25,27)(H,26,28). The molecule has 2 N–H and O–H groups in total. The summed E-state index contributed by atoms with van der Waals surface area (Å²) in [5.41, 5.74) is 0.968. The van der Waals surface area contributed by atoms with Crippen LogP contribution in [0.4, 0.5) is 10.1 Å². The Morgan fingerprint density at radius 2 is 1.86 bits per heavy atom. The van der Waals surface area contributed by atoms with E-state index in [2.05, 4.69) is 26.6 Å². The highest BCUT2D eigenvalue weighted by Crippen LogP contribution is 2.27. The van der Waals surface area contributed by atoms with Gasteiger partial charge in [0.1, 0.15) is 5.82 Å². The highest BCUT2D eigenvalue weighted by molar-refractivity contribution is 9.10. The zero-order chi connectivity index (χ0) is 20.6. The van der Waals surface area contributed by atoms with Crippen LogP contribution in [0.2, 0.25) is 0 Å². The number of carbonyl (C=O) groups is 2. The third kappa shape index (κ3) is 6.57. The van der Waals surface area contributed by atoms with E-state index < -0.39 is 0 Å². The molecule has 0 unspecified atom stereocenters. The summed E-state index contributed by atoms with van der Waals surface area (Å²) in [5, 5.41) is 5.81. The lowest BCUT2D eigenvalue weighted by Crippen LogP contribution is -2.31. The Bertz CT molecular complexity index is 872. The summed E-state index contributed by atoms with van der Waals surface area (Å²) in [6.07, 6.45) is 6.18. The Labute approximate surface area is 183 Å². The molecule has 29 heavy (non-hydrogen) atoms. The number of hydrogen-bond donors (Lipinski definition) is 2. The Kier molecular flexibility index (Phi) is 8.12. The highest BCUT2D eigenvalue weighted by Gasteiger charge is 2.16. The van der Waals surface area contributed by atoms with Crippen molar-refractivity contribution in [3.63, 3.8) is 0 Å². The Balaban J connectivity index is 1.56. The number of hydrogen-bond acceptors (Lipinski definition) is 3. The molecule has 0 radical (unpaired) electrons. The Morgan fingerprint density at radius 1 is 1.10 bits per heavy atom. The van der Waals surface area contributed by atoms with Gasteiger partial charge in [0, 0.05) is 15.9 Å². The van der Waals surface area contributed by atoms with Crippen molar-refractivity contribution in [1.29, 1.82) is 0 Å². The minimum absolute atomic E-state index is 0.0166. The highest BCUT2D eigenvalue weighted by atomic mass is 79.9. The van der Waals surface area contributed by atoms with Crippen molar-refractivity contribution in [2.24, 2.45) is 5.92 Å². The van der Waals surface area contributed by atoms with Crippen LogP contribution < -0.4 is 10.6 Å². The predicted molar refractivity (Wildman–Crippen MR) is 119 cm³/mol. The van der Waals surface area contributed by atoms with Gasteiger partial charge in [0.25, 0.3) is 5.91 Å². The molecule has 0 heterocycles. The summed E-state index contributed by atoms with van der Waals surface area (Å²) >= 11 is 4.60. The van der Waals surface area contributed by atoms with Crippen molar-refractivity contribution in [3.8, 4) is 0 Å². The second kappa shape index (κ2) is 10.8. The van der Waals surface area contributed by atoms with Gasteiger partial charge in [0.15, 0.2) is 0 Å². The second-order valence-electron chi connectivity index (χ2n) is 7.17. The molecule has 3 rings (SSSR count). The predicted octanol–water partition coefficient (Wildman–Crippen LogP) is 5.63. The van der Waals surface area contributed by atoms with Crippen LogP contribution in [0.5, 0.6) is 0 Å². The number of carbonyl (C=O) groups excluding carboxylic acids is 2. The van der Waals surface area contributed by atoms with Crippen molar-refractivity contribution in [3.05, 3.63) is 58.3 Å². The maximum atomic E-state index is 13.2. The summed E-state index contributed by atoms with van der Waals surface area (Å²) in [6, 6.07) is 11.3. The van der Waals surface area contributed by atoms with Gasteiger partial charge >= 0.3 is 0 Å². The molecule has 0 aromatic heterocycles. The minimum atomic E-state index is -0.384. The van der Waals surface area contributed by atoms with E-state index in [1.165, 1.54) is 62.1 Å². The zero-order valence-corrected chi connectivity index (χ0v) is 18.5. The van der Waals surface area contributed by atoms with Gasteiger partial charge in [-0.05, 0) is 65.0 Å². The lowest BCUT2D eigenvalue weighted by atomic mass is 9.89. The molecule has 0 aliphatic heterocycles. The van der Waals surface area contributed by atoms with E-state index in [1.807, 2.05) is 12.1 Å². The fraction of sp³-hybridized carbons (Fsp3) is 0.364. The molecule has 2 amide bonds. The number of amides is 2. The zero-order valence-electron chi connectivity index (χ0n) is 16.0. The van der Waals surface area contributed by atoms with Crippen molar-refractivity contribution >= 4 is 45.2 Å². The molecule has 0 spiro atoms. The van der Waals surface area contributed by atoms with Crippen molar-refractivity contribution < 1.29 is 14.0 Å². The molecule has 154 valence electrons. The normalized spacial score (nSPS) is 14.4. The van der Waals surface area contributed by atoms with E-state index in [-0.39, 0.29) is 23.4 Å². The van der Waals surface area contributed by atoms with Crippen LogP contribution in [0.25, 0.3) is 0 Å². The molecular weight excluding hydrogens is 455 g/mol. The molecule has 1 fully saturated rings. The van der Waals surface area contributed by atoms with Crippen molar-refractivity contribution in [1.82, 2.24) is 5.32 Å². The van der Waals surface area contributed by atoms with Gasteiger partial charge in [-0.1, -0.05) is 31.4 Å². The van der Waals surface area contributed by atoms with Gasteiger partial charge in [-0.15, -0.1) is 11.8 Å². The first-order valence-corrected chi connectivity index (χ1v) is 11.6. The molecule has 2 aromatic carbocycles. The number of halogens is 2. The Hall–Kier alpha value is -1.86. The summed E-state index contributed by atoms with van der Waals surface area (Å²) in [4.78, 5) is 25.7. The molecule has 7 heteroatoms. The van der Waals surface area contributed by atoms with Gasteiger partial charge in [-0.3, -0.25) is 9.59 Å². The lowest BCUT2D eigenvalue weighted by molar-refractivity contribution is -0.118. The molecule has 2 aromatic rings. The van der Waals surface area contributed by atoms with Gasteiger partial charge in [0.2, 0.25) is 5.91 Å². The van der Waals surface area contributed by atoms with Gasteiger partial charge in [-0.2, -0.15) is 0 Å². The molecule has 0 saturated heterocycles. The summed E-state index contributed by atoms with van der Waals surface area (Å²) in [5.74, 6) is 0.145. The second-order valence-corrected chi connectivity index (χ2v) is 9.04. The third-order valence-corrected chi connectivity index (χ3v) is 6.71. The van der Waals surface area contributed by atoms with Crippen LogP contribution in [0.15, 0.2) is 51.8 Å².